The summed E-state index contributed by atoms with van der Waals surface area (Å²) in [6, 6.07) is 8.84. The van der Waals surface area contributed by atoms with Crippen molar-refractivity contribution in [3.63, 3.8) is 0 Å². The molecule has 1 N–H and O–H groups in total. The highest BCUT2D eigenvalue weighted by Crippen LogP contribution is 2.47. The van der Waals surface area contributed by atoms with Crippen LogP contribution in [0.1, 0.15) is 109 Å². The molecule has 266 valence electrons. The van der Waals surface area contributed by atoms with E-state index >= 15 is 0 Å². The first kappa shape index (κ1) is 37.6. The van der Waals surface area contributed by atoms with Crippen molar-refractivity contribution in [1.82, 2.24) is 0 Å². The van der Waals surface area contributed by atoms with E-state index in [0.29, 0.717) is 51.5 Å². The van der Waals surface area contributed by atoms with Crippen molar-refractivity contribution in [1.29, 1.82) is 0 Å². The van der Waals surface area contributed by atoms with Gasteiger partial charge in [0.2, 0.25) is 0 Å². The summed E-state index contributed by atoms with van der Waals surface area (Å²) >= 11 is 0. The maximum atomic E-state index is 12.9. The van der Waals surface area contributed by atoms with Gasteiger partial charge in [-0.3, -0.25) is 4.79 Å². The van der Waals surface area contributed by atoms with Crippen LogP contribution in [0.25, 0.3) is 28.2 Å². The van der Waals surface area contributed by atoms with Crippen LogP contribution in [0.5, 0.6) is 23.0 Å². The molecule has 1 aromatic heterocycles. The summed E-state index contributed by atoms with van der Waals surface area (Å²) in [4.78, 5) is 23.2. The van der Waals surface area contributed by atoms with E-state index in [1.807, 2.05) is 26.0 Å². The van der Waals surface area contributed by atoms with Crippen LogP contribution in [0, 0.1) is 5.92 Å². The Hall–Kier alpha value is -4.20. The van der Waals surface area contributed by atoms with Gasteiger partial charge in [-0.05, 0) is 75.3 Å². The van der Waals surface area contributed by atoms with Crippen molar-refractivity contribution in [2.24, 2.45) is 5.92 Å². The third kappa shape index (κ3) is 10.6. The minimum absolute atomic E-state index is 0.321. The van der Waals surface area contributed by atoms with Crippen molar-refractivity contribution in [3.8, 4) is 34.1 Å². The molecular weight excluding hydrogens is 620 g/mol. The number of carbonyl (C=O) groups is 1. The SMILES string of the molecule is COc1ccc(-c2c(OC)c3c(OC)c4c(cc3oc2=O)OC(C)(C)C=C4)cc1.O=C(O)CCCCCCCCCCCCC1C=CCC1. The van der Waals surface area contributed by atoms with Gasteiger partial charge < -0.3 is 28.5 Å². The van der Waals surface area contributed by atoms with Crippen molar-refractivity contribution in [2.75, 3.05) is 21.3 Å². The Morgan fingerprint density at radius 3 is 2.08 bits per heavy atom. The summed E-state index contributed by atoms with van der Waals surface area (Å²) in [5, 5.41) is 9.10. The number of ether oxygens (including phenoxy) is 4. The molecule has 0 radical (unpaired) electrons. The summed E-state index contributed by atoms with van der Waals surface area (Å²) in [5.74, 6) is 2.43. The number of hydrogen-bond donors (Lipinski definition) is 1. The maximum Gasteiger partial charge on any atom is 0.347 e. The van der Waals surface area contributed by atoms with Gasteiger partial charge in [0.1, 0.15) is 45.1 Å². The van der Waals surface area contributed by atoms with Crippen molar-refractivity contribution in [2.45, 2.75) is 109 Å². The standard InChI is InChI=1S/C23H22O6.C18H32O2/c1-23(2)11-10-15-16(29-23)12-17-19(20(15)26-4)21(27-5)18(22(24)28-17)13-6-8-14(25-3)9-7-13;19-18(20)16-10-8-6-4-2-1-3-5-7-9-13-17-14-11-12-15-17/h6-12H,1-5H3;11,14,17H,1-10,12-13,15-16H2,(H,19,20). The first-order valence-corrected chi connectivity index (χ1v) is 17.8. The molecule has 0 fully saturated rings. The van der Waals surface area contributed by atoms with Gasteiger partial charge in [0.25, 0.3) is 0 Å². The molecule has 0 saturated carbocycles. The van der Waals surface area contributed by atoms with Gasteiger partial charge >= 0.3 is 11.6 Å². The molecule has 0 amide bonds. The smallest absolute Gasteiger partial charge is 0.347 e. The third-order valence-corrected chi connectivity index (χ3v) is 9.25. The van der Waals surface area contributed by atoms with E-state index < -0.39 is 17.2 Å². The molecule has 2 heterocycles. The highest BCUT2D eigenvalue weighted by molar-refractivity contribution is 5.99. The zero-order valence-corrected chi connectivity index (χ0v) is 30.0. The van der Waals surface area contributed by atoms with Crippen LogP contribution in [0.15, 0.2) is 57.8 Å². The lowest BCUT2D eigenvalue weighted by Gasteiger charge is -2.29. The lowest BCUT2D eigenvalue weighted by molar-refractivity contribution is -0.137. The van der Waals surface area contributed by atoms with Gasteiger partial charge in [-0.1, -0.05) is 82.1 Å². The molecule has 5 rings (SSSR count). The number of benzene rings is 2. The predicted molar refractivity (Wildman–Crippen MR) is 196 cm³/mol. The van der Waals surface area contributed by atoms with Crippen molar-refractivity contribution < 1.29 is 33.3 Å². The summed E-state index contributed by atoms with van der Waals surface area (Å²) < 4.78 is 28.3. The summed E-state index contributed by atoms with van der Waals surface area (Å²) in [6.07, 6.45) is 25.8. The fourth-order valence-corrected chi connectivity index (χ4v) is 6.59. The molecule has 0 bridgehead atoms. The van der Waals surface area contributed by atoms with Crippen molar-refractivity contribution >= 4 is 23.0 Å². The molecule has 8 nitrogen and oxygen atoms in total. The van der Waals surface area contributed by atoms with E-state index in [9.17, 15) is 9.59 Å². The topological polar surface area (TPSA) is 104 Å². The fourth-order valence-electron chi connectivity index (χ4n) is 6.59. The van der Waals surface area contributed by atoms with Gasteiger partial charge in [0.05, 0.1) is 26.9 Å². The Labute approximate surface area is 291 Å². The Morgan fingerprint density at radius 1 is 0.878 bits per heavy atom. The molecule has 1 atom stereocenters. The molecule has 0 saturated heterocycles. The normalized spacial score (nSPS) is 15.7. The molecule has 2 aliphatic rings. The second-order valence-electron chi connectivity index (χ2n) is 13.5. The zero-order chi connectivity index (χ0) is 35.2. The minimum atomic E-state index is -0.655. The van der Waals surface area contributed by atoms with Gasteiger partial charge in [-0.25, -0.2) is 4.79 Å². The average Bonchev–Trinajstić information content (AvgIpc) is 3.60. The molecule has 1 aliphatic carbocycles. The Balaban J connectivity index is 0.000000238. The van der Waals surface area contributed by atoms with Gasteiger partial charge in [0.15, 0.2) is 0 Å². The fraction of sp³-hybridized carbons (Fsp3) is 0.512. The maximum absolute atomic E-state index is 12.9. The van der Waals surface area contributed by atoms with E-state index in [-0.39, 0.29) is 0 Å². The molecule has 49 heavy (non-hydrogen) atoms. The summed E-state index contributed by atoms with van der Waals surface area (Å²) in [7, 11) is 4.68. The highest BCUT2D eigenvalue weighted by atomic mass is 16.5. The predicted octanol–water partition coefficient (Wildman–Crippen LogP) is 10.4. The van der Waals surface area contributed by atoms with Crippen LogP contribution in [0.3, 0.4) is 0 Å². The lowest BCUT2D eigenvalue weighted by Crippen LogP contribution is -2.27. The van der Waals surface area contributed by atoms with Crippen LogP contribution in [0.2, 0.25) is 0 Å². The van der Waals surface area contributed by atoms with E-state index in [0.717, 1.165) is 24.3 Å². The Kier molecular flexibility index (Phi) is 14.2. The first-order chi connectivity index (χ1) is 23.7. The number of aliphatic carboxylic acids is 1. The van der Waals surface area contributed by atoms with Gasteiger partial charge in [-0.15, -0.1) is 0 Å². The quantitative estimate of drug-likeness (QED) is 0.0857. The second kappa shape index (κ2) is 18.5. The van der Waals surface area contributed by atoms with Crippen LogP contribution >= 0.6 is 0 Å². The molecule has 2 aromatic carbocycles. The van der Waals surface area contributed by atoms with Crippen LogP contribution in [0.4, 0.5) is 0 Å². The number of unbranched alkanes of at least 4 members (excludes halogenated alkanes) is 9. The Bertz CT molecular complexity index is 1630. The Morgan fingerprint density at radius 2 is 1.51 bits per heavy atom. The number of carboxylic acids is 1. The second-order valence-corrected chi connectivity index (χ2v) is 13.5. The number of rotatable bonds is 17. The number of carboxylic acid groups (broad SMARTS) is 1. The van der Waals surface area contributed by atoms with Crippen LogP contribution < -0.4 is 24.6 Å². The van der Waals surface area contributed by atoms with E-state index in [2.05, 4.69) is 12.2 Å². The third-order valence-electron chi connectivity index (χ3n) is 9.25. The summed E-state index contributed by atoms with van der Waals surface area (Å²) in [5.41, 5.74) is 1.11. The van der Waals surface area contributed by atoms with E-state index in [1.54, 1.807) is 44.6 Å². The van der Waals surface area contributed by atoms with Crippen LogP contribution in [-0.4, -0.2) is 38.0 Å². The molecular formula is C41H54O8. The first-order valence-electron chi connectivity index (χ1n) is 17.8. The van der Waals surface area contributed by atoms with Crippen molar-refractivity contribution in [3.05, 3.63) is 64.5 Å². The molecule has 0 spiro atoms. The average molecular weight is 675 g/mol. The lowest BCUT2D eigenvalue weighted by atomic mass is 9.98. The number of methoxy groups -OCH3 is 3. The molecule has 1 aliphatic heterocycles. The number of allylic oxidation sites excluding steroid dienone is 2. The number of hydrogen-bond acceptors (Lipinski definition) is 7. The highest BCUT2D eigenvalue weighted by Gasteiger charge is 2.29. The van der Waals surface area contributed by atoms with Crippen LogP contribution in [-0.2, 0) is 4.79 Å². The van der Waals surface area contributed by atoms with E-state index in [4.69, 9.17) is 28.5 Å². The van der Waals surface area contributed by atoms with E-state index in [1.165, 1.54) is 77.7 Å². The molecule has 1 unspecified atom stereocenters. The van der Waals surface area contributed by atoms with Gasteiger partial charge in [-0.2, -0.15) is 0 Å². The van der Waals surface area contributed by atoms with Gasteiger partial charge in [0, 0.05) is 12.5 Å². The minimum Gasteiger partial charge on any atom is -0.497 e. The monoisotopic (exact) mass is 674 g/mol. The summed E-state index contributed by atoms with van der Waals surface area (Å²) in [6.45, 7) is 3.90. The molecule has 3 aromatic rings. The zero-order valence-electron chi connectivity index (χ0n) is 30.0. The largest absolute Gasteiger partial charge is 0.497 e. The number of fused-ring (bicyclic) bond motifs is 2. The molecule has 8 heteroatoms.